The maximum absolute atomic E-state index is 13.2. The standard InChI is InChI=1S/C53H97NO13/c1-3-5-7-9-11-13-15-16-17-18-19-20-21-22-23-24-25-27-29-31-33-35-37-45(58)54-41(42(57)36-34-32-30-28-26-14-12-10-8-6-4-2)40-64-52-50(63)48(61)51(44(39-56)66-52)67-53-49(62)47(60)46(59)43(38-55)65-53/h8,10,26,28,34,36,41-44,46-53,55-57,59-63H,3-7,9,11-25,27,29-33,35,37-40H2,1-2H3,(H,54,58)/b10-8+,28-26+,36-34+. The Balaban J connectivity index is 1.77. The van der Waals surface area contributed by atoms with E-state index in [1.165, 1.54) is 116 Å². The highest BCUT2D eigenvalue weighted by atomic mass is 16.7. The number of carbonyl (C=O) groups is 1. The van der Waals surface area contributed by atoms with E-state index in [4.69, 9.17) is 18.9 Å². The van der Waals surface area contributed by atoms with Crippen LogP contribution in [0.1, 0.15) is 200 Å². The number of ether oxygens (including phenoxy) is 4. The van der Waals surface area contributed by atoms with Crippen LogP contribution in [-0.4, -0.2) is 140 Å². The van der Waals surface area contributed by atoms with Crippen molar-refractivity contribution in [2.45, 2.75) is 274 Å². The molecule has 0 aromatic heterocycles. The molecule has 0 radical (unpaired) electrons. The fraction of sp³-hybridized carbons (Fsp3) is 0.868. The number of carbonyl (C=O) groups excluding carboxylic acids is 1. The van der Waals surface area contributed by atoms with E-state index in [0.717, 1.165) is 51.4 Å². The first-order chi connectivity index (χ1) is 32.6. The van der Waals surface area contributed by atoms with Crippen LogP contribution >= 0.6 is 0 Å². The Morgan fingerprint density at radius 2 is 0.955 bits per heavy atom. The van der Waals surface area contributed by atoms with E-state index in [0.29, 0.717) is 12.8 Å². The minimum Gasteiger partial charge on any atom is -0.394 e. The molecule has 2 heterocycles. The molecule has 14 nitrogen and oxygen atoms in total. The summed E-state index contributed by atoms with van der Waals surface area (Å²) in [6, 6.07) is -0.933. The van der Waals surface area contributed by atoms with Crippen LogP contribution in [0.4, 0.5) is 0 Å². The molecule has 0 spiro atoms. The number of aliphatic hydroxyl groups excluding tert-OH is 8. The van der Waals surface area contributed by atoms with Gasteiger partial charge in [0, 0.05) is 6.42 Å². The molecule has 2 aliphatic rings. The molecule has 0 saturated carbocycles. The largest absolute Gasteiger partial charge is 0.394 e. The van der Waals surface area contributed by atoms with Gasteiger partial charge in [0.1, 0.15) is 48.8 Å². The Labute approximate surface area is 404 Å². The van der Waals surface area contributed by atoms with Crippen molar-refractivity contribution in [1.29, 1.82) is 0 Å². The van der Waals surface area contributed by atoms with Crippen LogP contribution in [0.5, 0.6) is 0 Å². The van der Waals surface area contributed by atoms with Gasteiger partial charge in [0.2, 0.25) is 5.91 Å². The summed E-state index contributed by atoms with van der Waals surface area (Å²) >= 11 is 0. The Bertz CT molecular complexity index is 1270. The third-order valence-corrected chi connectivity index (χ3v) is 13.0. The van der Waals surface area contributed by atoms with Gasteiger partial charge < -0.3 is 65.1 Å². The molecule has 0 aromatic carbocycles. The Morgan fingerprint density at radius 1 is 0.522 bits per heavy atom. The van der Waals surface area contributed by atoms with Crippen LogP contribution in [0.15, 0.2) is 36.5 Å². The quantitative estimate of drug-likeness (QED) is 0.0214. The molecule has 2 aliphatic heterocycles. The minimum atomic E-state index is -1.79. The van der Waals surface area contributed by atoms with Crippen LogP contribution in [-0.2, 0) is 23.7 Å². The third kappa shape index (κ3) is 26.8. The SMILES string of the molecule is CCC/C=C/CC/C=C/CC/C=C/C(O)C(COC1OC(CO)C(OC2OC(CO)C(O)C(O)C2O)C(O)C1O)NC(=O)CCCCCCCCCCCCCCCCCCCCCCCC. The average molecular weight is 956 g/mol. The van der Waals surface area contributed by atoms with E-state index in [1.54, 1.807) is 6.08 Å². The van der Waals surface area contributed by atoms with Crippen molar-refractivity contribution in [1.82, 2.24) is 5.32 Å². The van der Waals surface area contributed by atoms with Gasteiger partial charge in [-0.05, 0) is 38.5 Å². The molecule has 1 amide bonds. The summed E-state index contributed by atoms with van der Waals surface area (Å²) in [6.45, 7) is 2.69. The van der Waals surface area contributed by atoms with Crippen molar-refractivity contribution in [3.8, 4) is 0 Å². The highest BCUT2D eigenvalue weighted by Gasteiger charge is 2.51. The van der Waals surface area contributed by atoms with E-state index in [-0.39, 0.29) is 18.9 Å². The average Bonchev–Trinajstić information content (AvgIpc) is 3.32. The van der Waals surface area contributed by atoms with Crippen molar-refractivity contribution in [3.05, 3.63) is 36.5 Å². The number of aliphatic hydroxyl groups is 8. The van der Waals surface area contributed by atoms with Crippen LogP contribution in [0.2, 0.25) is 0 Å². The summed E-state index contributed by atoms with van der Waals surface area (Å²) in [5.74, 6) is -0.253. The molecule has 9 N–H and O–H groups in total. The van der Waals surface area contributed by atoms with Crippen LogP contribution in [0.25, 0.3) is 0 Å². The first-order valence-electron chi connectivity index (χ1n) is 26.7. The lowest BCUT2D eigenvalue weighted by molar-refractivity contribution is -0.359. The highest BCUT2D eigenvalue weighted by molar-refractivity contribution is 5.76. The van der Waals surface area contributed by atoms with E-state index >= 15 is 0 Å². The first-order valence-corrected chi connectivity index (χ1v) is 26.7. The van der Waals surface area contributed by atoms with Crippen LogP contribution in [0, 0.1) is 0 Å². The van der Waals surface area contributed by atoms with Gasteiger partial charge in [-0.1, -0.05) is 192 Å². The van der Waals surface area contributed by atoms with E-state index in [1.807, 2.05) is 6.08 Å². The number of rotatable bonds is 41. The monoisotopic (exact) mass is 956 g/mol. The zero-order valence-electron chi connectivity index (χ0n) is 41.6. The Kier molecular flexibility index (Phi) is 36.5. The molecule has 0 bridgehead atoms. The van der Waals surface area contributed by atoms with Crippen LogP contribution in [0.3, 0.4) is 0 Å². The molecule has 2 fully saturated rings. The van der Waals surface area contributed by atoms with Gasteiger partial charge in [-0.2, -0.15) is 0 Å². The van der Waals surface area contributed by atoms with Gasteiger partial charge >= 0.3 is 0 Å². The third-order valence-electron chi connectivity index (χ3n) is 13.0. The van der Waals surface area contributed by atoms with Crippen molar-refractivity contribution in [2.24, 2.45) is 0 Å². The summed E-state index contributed by atoms with van der Waals surface area (Å²) in [5.41, 5.74) is 0. The van der Waals surface area contributed by atoms with Crippen molar-refractivity contribution >= 4 is 5.91 Å². The maximum Gasteiger partial charge on any atom is 0.220 e. The fourth-order valence-corrected chi connectivity index (χ4v) is 8.68. The second-order valence-electron chi connectivity index (χ2n) is 19.0. The molecule has 67 heavy (non-hydrogen) atoms. The molecule has 2 rings (SSSR count). The molecule has 12 atom stereocenters. The fourth-order valence-electron chi connectivity index (χ4n) is 8.68. The van der Waals surface area contributed by atoms with E-state index < -0.39 is 86.8 Å². The molecular weight excluding hydrogens is 859 g/mol. The summed E-state index contributed by atoms with van der Waals surface area (Å²) < 4.78 is 22.7. The molecule has 0 aliphatic carbocycles. The number of nitrogens with one attached hydrogen (secondary N) is 1. The second kappa shape index (κ2) is 39.9. The smallest absolute Gasteiger partial charge is 0.220 e. The molecular formula is C53H97NO13. The molecule has 392 valence electrons. The predicted octanol–water partition coefficient (Wildman–Crippen LogP) is 7.49. The lowest BCUT2D eigenvalue weighted by atomic mass is 9.97. The van der Waals surface area contributed by atoms with Gasteiger partial charge in [-0.25, -0.2) is 0 Å². The van der Waals surface area contributed by atoms with E-state index in [2.05, 4.69) is 43.5 Å². The summed E-state index contributed by atoms with van der Waals surface area (Å²) in [6.07, 6.45) is 29.2. The number of allylic oxidation sites excluding steroid dienone is 5. The van der Waals surface area contributed by atoms with E-state index in [9.17, 15) is 45.6 Å². The Morgan fingerprint density at radius 3 is 1.43 bits per heavy atom. The predicted molar refractivity (Wildman–Crippen MR) is 263 cm³/mol. The zero-order chi connectivity index (χ0) is 48.9. The van der Waals surface area contributed by atoms with Gasteiger partial charge in [0.15, 0.2) is 12.6 Å². The van der Waals surface area contributed by atoms with Crippen LogP contribution < -0.4 is 5.32 Å². The van der Waals surface area contributed by atoms with Gasteiger partial charge in [-0.3, -0.25) is 4.79 Å². The zero-order valence-corrected chi connectivity index (χ0v) is 41.6. The number of amides is 1. The topological polar surface area (TPSA) is 228 Å². The number of hydrogen-bond donors (Lipinski definition) is 9. The van der Waals surface area contributed by atoms with Crippen molar-refractivity contribution < 1.29 is 64.6 Å². The summed E-state index contributed by atoms with van der Waals surface area (Å²) in [4.78, 5) is 13.2. The van der Waals surface area contributed by atoms with Gasteiger partial charge in [-0.15, -0.1) is 0 Å². The number of unbranched alkanes of at least 4 members (excludes halogenated alkanes) is 24. The molecule has 0 aromatic rings. The maximum atomic E-state index is 13.2. The molecule has 14 heteroatoms. The number of hydrogen-bond acceptors (Lipinski definition) is 13. The van der Waals surface area contributed by atoms with Gasteiger partial charge in [0.25, 0.3) is 0 Å². The molecule has 12 unspecified atom stereocenters. The Hall–Kier alpha value is -1.79. The second-order valence-corrected chi connectivity index (χ2v) is 19.0. The van der Waals surface area contributed by atoms with Crippen molar-refractivity contribution in [2.75, 3.05) is 19.8 Å². The lowest BCUT2D eigenvalue weighted by Gasteiger charge is -2.46. The minimum absolute atomic E-state index is 0.253. The lowest BCUT2D eigenvalue weighted by Crippen LogP contribution is -2.65. The summed E-state index contributed by atoms with van der Waals surface area (Å²) in [5, 5.41) is 86.6. The van der Waals surface area contributed by atoms with Crippen molar-refractivity contribution in [3.63, 3.8) is 0 Å². The normalized spacial score (nSPS) is 26.8. The molecule has 2 saturated heterocycles. The highest BCUT2D eigenvalue weighted by Crippen LogP contribution is 2.30. The summed E-state index contributed by atoms with van der Waals surface area (Å²) in [7, 11) is 0. The van der Waals surface area contributed by atoms with Gasteiger partial charge in [0.05, 0.1) is 32.0 Å². The first kappa shape index (κ1) is 61.3.